The van der Waals surface area contributed by atoms with Crippen LogP contribution < -0.4 is 19.6 Å². The van der Waals surface area contributed by atoms with Gasteiger partial charge in [0.05, 0.1) is 18.9 Å². The minimum absolute atomic E-state index is 0.263. The zero-order chi connectivity index (χ0) is 18.4. The monoisotopic (exact) mass is 358 g/mol. The molecule has 0 aliphatic carbocycles. The SMILES string of the molecule is C/C(=N/NC(=O)COc1cccc(F)c1)c1ccc2c(c1)OCCCO2. The van der Waals surface area contributed by atoms with E-state index < -0.39 is 11.7 Å². The second kappa shape index (κ2) is 8.33. The molecular formula is C19H19FN2O4. The Morgan fingerprint density at radius 3 is 2.81 bits per heavy atom. The van der Waals surface area contributed by atoms with Crippen LogP contribution in [0.1, 0.15) is 18.9 Å². The quantitative estimate of drug-likeness (QED) is 0.659. The van der Waals surface area contributed by atoms with Gasteiger partial charge >= 0.3 is 0 Å². The fourth-order valence-corrected chi connectivity index (χ4v) is 2.34. The summed E-state index contributed by atoms with van der Waals surface area (Å²) in [5.74, 6) is 0.778. The molecule has 7 heteroatoms. The second-order valence-corrected chi connectivity index (χ2v) is 5.69. The topological polar surface area (TPSA) is 69.2 Å². The molecule has 0 saturated heterocycles. The molecule has 2 aromatic carbocycles. The minimum atomic E-state index is -0.442. The van der Waals surface area contributed by atoms with Gasteiger partial charge in [-0.15, -0.1) is 0 Å². The van der Waals surface area contributed by atoms with Gasteiger partial charge < -0.3 is 14.2 Å². The maximum atomic E-state index is 13.1. The van der Waals surface area contributed by atoms with E-state index in [1.807, 2.05) is 18.2 Å². The molecule has 1 heterocycles. The summed E-state index contributed by atoms with van der Waals surface area (Å²) in [5, 5.41) is 4.06. The number of benzene rings is 2. The molecule has 0 saturated carbocycles. The van der Waals surface area contributed by atoms with Gasteiger partial charge in [0.1, 0.15) is 11.6 Å². The smallest absolute Gasteiger partial charge is 0.277 e. The molecular weight excluding hydrogens is 339 g/mol. The van der Waals surface area contributed by atoms with Crippen molar-refractivity contribution in [2.24, 2.45) is 5.10 Å². The predicted octanol–water partition coefficient (Wildman–Crippen LogP) is 2.91. The Morgan fingerprint density at radius 2 is 2.00 bits per heavy atom. The number of carbonyl (C=O) groups is 1. The molecule has 1 amide bonds. The minimum Gasteiger partial charge on any atom is -0.490 e. The average molecular weight is 358 g/mol. The van der Waals surface area contributed by atoms with Gasteiger partial charge in [-0.05, 0) is 37.3 Å². The van der Waals surface area contributed by atoms with Crippen molar-refractivity contribution in [3.8, 4) is 17.2 Å². The van der Waals surface area contributed by atoms with Crippen LogP contribution in [0.15, 0.2) is 47.6 Å². The number of nitrogens with zero attached hydrogens (tertiary/aromatic N) is 1. The van der Waals surface area contributed by atoms with Crippen LogP contribution in [0.5, 0.6) is 17.2 Å². The maximum absolute atomic E-state index is 13.1. The molecule has 2 aromatic rings. The van der Waals surface area contributed by atoms with Crippen LogP contribution in [0.2, 0.25) is 0 Å². The van der Waals surface area contributed by atoms with E-state index in [0.29, 0.717) is 30.4 Å². The molecule has 1 aliphatic heterocycles. The third kappa shape index (κ3) is 4.72. The lowest BCUT2D eigenvalue weighted by atomic mass is 10.1. The standard InChI is InChI=1S/C19H19FN2O4/c1-13(14-6-7-17-18(10-14)25-9-3-8-24-17)21-22-19(23)12-26-16-5-2-4-15(20)11-16/h2,4-7,10-11H,3,8-9,12H2,1H3,(H,22,23)/b21-13-. The van der Waals surface area contributed by atoms with E-state index in [2.05, 4.69) is 10.5 Å². The number of amides is 1. The Balaban J connectivity index is 1.57. The fourth-order valence-electron chi connectivity index (χ4n) is 2.34. The molecule has 6 nitrogen and oxygen atoms in total. The largest absolute Gasteiger partial charge is 0.490 e. The van der Waals surface area contributed by atoms with Crippen LogP contribution in [-0.4, -0.2) is 31.4 Å². The number of ether oxygens (including phenoxy) is 3. The molecule has 26 heavy (non-hydrogen) atoms. The first-order valence-electron chi connectivity index (χ1n) is 8.23. The van der Waals surface area contributed by atoms with Crippen LogP contribution in [0.4, 0.5) is 4.39 Å². The number of carbonyl (C=O) groups excluding carboxylic acids is 1. The number of nitrogens with one attached hydrogen (secondary N) is 1. The number of hydrazone groups is 1. The highest BCUT2D eigenvalue weighted by atomic mass is 19.1. The predicted molar refractivity (Wildman–Crippen MR) is 94.3 cm³/mol. The van der Waals surface area contributed by atoms with Crippen LogP contribution in [0.25, 0.3) is 0 Å². The Kier molecular flexibility index (Phi) is 5.68. The van der Waals surface area contributed by atoms with Crippen molar-refractivity contribution in [1.29, 1.82) is 0 Å². The van der Waals surface area contributed by atoms with Crippen LogP contribution in [0, 0.1) is 5.82 Å². The summed E-state index contributed by atoms with van der Waals surface area (Å²) in [6, 6.07) is 11.1. The molecule has 0 spiro atoms. The summed E-state index contributed by atoms with van der Waals surface area (Å²) in [4.78, 5) is 11.8. The maximum Gasteiger partial charge on any atom is 0.277 e. The van der Waals surface area contributed by atoms with Crippen molar-refractivity contribution in [2.75, 3.05) is 19.8 Å². The van der Waals surface area contributed by atoms with Crippen molar-refractivity contribution in [2.45, 2.75) is 13.3 Å². The third-order valence-electron chi connectivity index (χ3n) is 3.68. The zero-order valence-corrected chi connectivity index (χ0v) is 14.3. The molecule has 136 valence electrons. The van der Waals surface area contributed by atoms with E-state index in [-0.39, 0.29) is 12.4 Å². The summed E-state index contributed by atoms with van der Waals surface area (Å²) in [6.45, 7) is 2.73. The van der Waals surface area contributed by atoms with E-state index >= 15 is 0 Å². The van der Waals surface area contributed by atoms with Crippen LogP contribution in [-0.2, 0) is 4.79 Å². The molecule has 1 N–H and O–H groups in total. The van der Waals surface area contributed by atoms with Crippen molar-refractivity contribution in [3.63, 3.8) is 0 Å². The Labute approximate surface area is 150 Å². The first-order chi connectivity index (χ1) is 12.6. The van der Waals surface area contributed by atoms with E-state index in [0.717, 1.165) is 12.0 Å². The number of hydrogen-bond acceptors (Lipinski definition) is 5. The van der Waals surface area contributed by atoms with Crippen molar-refractivity contribution in [1.82, 2.24) is 5.43 Å². The highest BCUT2D eigenvalue weighted by molar-refractivity contribution is 5.99. The summed E-state index contributed by atoms with van der Waals surface area (Å²) in [7, 11) is 0. The highest BCUT2D eigenvalue weighted by Gasteiger charge is 2.12. The zero-order valence-electron chi connectivity index (χ0n) is 14.3. The van der Waals surface area contributed by atoms with Gasteiger partial charge in [0.2, 0.25) is 0 Å². The number of hydrogen-bond donors (Lipinski definition) is 1. The Hall–Kier alpha value is -3.09. The molecule has 0 fully saturated rings. The number of halogens is 1. The van der Waals surface area contributed by atoms with Gasteiger partial charge in [-0.2, -0.15) is 5.10 Å². The normalized spacial score (nSPS) is 13.7. The second-order valence-electron chi connectivity index (χ2n) is 5.69. The Bertz CT molecular complexity index is 823. The van der Waals surface area contributed by atoms with Gasteiger partial charge in [-0.25, -0.2) is 9.82 Å². The molecule has 3 rings (SSSR count). The lowest BCUT2D eigenvalue weighted by Crippen LogP contribution is -2.25. The van der Waals surface area contributed by atoms with Crippen molar-refractivity contribution in [3.05, 3.63) is 53.8 Å². The molecule has 0 radical (unpaired) electrons. The van der Waals surface area contributed by atoms with E-state index in [1.165, 1.54) is 18.2 Å². The third-order valence-corrected chi connectivity index (χ3v) is 3.68. The molecule has 0 bridgehead atoms. The van der Waals surface area contributed by atoms with Gasteiger partial charge in [-0.3, -0.25) is 4.79 Å². The van der Waals surface area contributed by atoms with Crippen LogP contribution in [0.3, 0.4) is 0 Å². The van der Waals surface area contributed by atoms with E-state index in [4.69, 9.17) is 14.2 Å². The van der Waals surface area contributed by atoms with E-state index in [9.17, 15) is 9.18 Å². The number of rotatable bonds is 5. The van der Waals surface area contributed by atoms with Gasteiger partial charge in [0.25, 0.3) is 5.91 Å². The lowest BCUT2D eigenvalue weighted by Gasteiger charge is -2.09. The fraction of sp³-hybridized carbons (Fsp3) is 0.263. The molecule has 0 unspecified atom stereocenters. The van der Waals surface area contributed by atoms with Crippen LogP contribution >= 0.6 is 0 Å². The highest BCUT2D eigenvalue weighted by Crippen LogP contribution is 2.30. The first kappa shape index (κ1) is 17.7. The Morgan fingerprint density at radius 1 is 1.19 bits per heavy atom. The molecule has 0 atom stereocenters. The molecule has 0 aromatic heterocycles. The molecule has 1 aliphatic rings. The lowest BCUT2D eigenvalue weighted by molar-refractivity contribution is -0.123. The summed E-state index contributed by atoms with van der Waals surface area (Å²) >= 11 is 0. The van der Waals surface area contributed by atoms with Crippen molar-refractivity contribution >= 4 is 11.6 Å². The summed E-state index contributed by atoms with van der Waals surface area (Å²) < 4.78 is 29.5. The summed E-state index contributed by atoms with van der Waals surface area (Å²) in [5.41, 5.74) is 3.83. The number of fused-ring (bicyclic) bond motifs is 1. The first-order valence-corrected chi connectivity index (χ1v) is 8.23. The van der Waals surface area contributed by atoms with Gasteiger partial charge in [0.15, 0.2) is 18.1 Å². The van der Waals surface area contributed by atoms with Gasteiger partial charge in [-0.1, -0.05) is 6.07 Å². The summed E-state index contributed by atoms with van der Waals surface area (Å²) in [6.07, 6.45) is 0.832. The average Bonchev–Trinajstić information content (AvgIpc) is 2.89. The van der Waals surface area contributed by atoms with Crippen molar-refractivity contribution < 1.29 is 23.4 Å². The van der Waals surface area contributed by atoms with Gasteiger partial charge in [0, 0.05) is 18.1 Å². The van der Waals surface area contributed by atoms with E-state index in [1.54, 1.807) is 13.0 Å².